The first kappa shape index (κ1) is 10.3. The summed E-state index contributed by atoms with van der Waals surface area (Å²) < 4.78 is 0. The first-order valence-electron chi connectivity index (χ1n) is 3.74. The van der Waals surface area contributed by atoms with Crippen molar-refractivity contribution in [1.29, 1.82) is 0 Å². The van der Waals surface area contributed by atoms with E-state index in [9.17, 15) is 0 Å². The van der Waals surface area contributed by atoms with Gasteiger partial charge in [0.2, 0.25) is 0 Å². The molecule has 2 N–H and O–H groups in total. The van der Waals surface area contributed by atoms with Gasteiger partial charge >= 0.3 is 0 Å². The van der Waals surface area contributed by atoms with Crippen LogP contribution < -0.4 is 5.73 Å². The number of nitrogens with two attached hydrogens (primary N) is 1. The lowest BCUT2D eigenvalue weighted by molar-refractivity contribution is 1.03. The van der Waals surface area contributed by atoms with Gasteiger partial charge in [0.25, 0.3) is 0 Å². The number of rotatable bonds is 1. The number of hydrogen-bond acceptors (Lipinski definition) is 2. The molecule has 1 heterocycles. The molecule has 0 aliphatic heterocycles. The minimum absolute atomic E-state index is 0.469. The van der Waals surface area contributed by atoms with Gasteiger partial charge in [0.15, 0.2) is 0 Å². The third-order valence-electron chi connectivity index (χ3n) is 1.28. The van der Waals surface area contributed by atoms with Crippen LogP contribution in [-0.4, -0.2) is 11.5 Å². The van der Waals surface area contributed by atoms with Gasteiger partial charge in [-0.1, -0.05) is 29.1 Å². The van der Waals surface area contributed by atoms with E-state index in [2.05, 4.69) is 16.8 Å². The van der Waals surface area contributed by atoms with Gasteiger partial charge in [-0.3, -0.25) is 0 Å². The Kier molecular flexibility index (Phi) is 4.04. The maximum atomic E-state index is 5.83. The van der Waals surface area contributed by atoms with Crippen molar-refractivity contribution >= 4 is 23.2 Å². The molecule has 13 heavy (non-hydrogen) atoms. The number of halogens is 2. The molecule has 0 aliphatic carbocycles. The number of nitrogens with zero attached hydrogens (tertiary/aromatic N) is 1. The average molecular weight is 215 g/mol. The summed E-state index contributed by atoms with van der Waals surface area (Å²) in [6.07, 6.45) is 2.15. The van der Waals surface area contributed by atoms with Crippen LogP contribution in [-0.2, 0) is 0 Å². The molecule has 0 atom stereocenters. The van der Waals surface area contributed by atoms with E-state index in [0.29, 0.717) is 28.7 Å². The van der Waals surface area contributed by atoms with Crippen molar-refractivity contribution in [2.75, 3.05) is 6.54 Å². The molecule has 0 aliphatic rings. The van der Waals surface area contributed by atoms with Crippen LogP contribution in [0.2, 0.25) is 10.0 Å². The Bertz CT molecular complexity index is 352. The standard InChI is InChI=1S/C9H8Cl2N2/c10-7-5-8(11)9(13-6-7)3-1-2-4-12/h5-6H,2,4,12H2. The first-order chi connectivity index (χ1) is 6.24. The molecular weight excluding hydrogens is 207 g/mol. The zero-order valence-electron chi connectivity index (χ0n) is 6.85. The highest BCUT2D eigenvalue weighted by atomic mass is 35.5. The van der Waals surface area contributed by atoms with Gasteiger partial charge in [-0.15, -0.1) is 0 Å². The Labute approximate surface area is 87.1 Å². The molecular formula is C9H8Cl2N2. The van der Waals surface area contributed by atoms with E-state index in [0.717, 1.165) is 0 Å². The molecule has 1 aromatic heterocycles. The van der Waals surface area contributed by atoms with Crippen LogP contribution in [0.25, 0.3) is 0 Å². The van der Waals surface area contributed by atoms with Crippen molar-refractivity contribution in [1.82, 2.24) is 4.98 Å². The zero-order chi connectivity index (χ0) is 9.68. The van der Waals surface area contributed by atoms with Crippen LogP contribution >= 0.6 is 23.2 Å². The summed E-state index contributed by atoms with van der Waals surface area (Å²) in [6, 6.07) is 1.61. The molecule has 0 fully saturated rings. The Morgan fingerprint density at radius 3 is 2.85 bits per heavy atom. The lowest BCUT2D eigenvalue weighted by atomic mass is 10.3. The second-order valence-electron chi connectivity index (χ2n) is 2.32. The lowest BCUT2D eigenvalue weighted by Gasteiger charge is -1.94. The van der Waals surface area contributed by atoms with E-state index in [1.807, 2.05) is 0 Å². The highest BCUT2D eigenvalue weighted by molar-refractivity contribution is 6.35. The molecule has 1 aromatic rings. The smallest absolute Gasteiger partial charge is 0.131 e. The van der Waals surface area contributed by atoms with E-state index in [1.165, 1.54) is 6.20 Å². The molecule has 68 valence electrons. The van der Waals surface area contributed by atoms with E-state index in [4.69, 9.17) is 28.9 Å². The predicted molar refractivity (Wildman–Crippen MR) is 54.8 cm³/mol. The molecule has 0 unspecified atom stereocenters. The van der Waals surface area contributed by atoms with Gasteiger partial charge in [-0.05, 0) is 12.0 Å². The van der Waals surface area contributed by atoms with Gasteiger partial charge in [0.05, 0.1) is 10.0 Å². The van der Waals surface area contributed by atoms with Crippen LogP contribution in [0.1, 0.15) is 12.1 Å². The van der Waals surface area contributed by atoms with Crippen molar-refractivity contribution in [2.24, 2.45) is 5.73 Å². The van der Waals surface area contributed by atoms with E-state index in [-0.39, 0.29) is 0 Å². The maximum absolute atomic E-state index is 5.83. The monoisotopic (exact) mass is 214 g/mol. The van der Waals surface area contributed by atoms with Crippen molar-refractivity contribution in [3.05, 3.63) is 28.0 Å². The molecule has 0 bridgehead atoms. The van der Waals surface area contributed by atoms with Crippen molar-refractivity contribution in [2.45, 2.75) is 6.42 Å². The molecule has 1 rings (SSSR count). The van der Waals surface area contributed by atoms with Crippen LogP contribution in [0.4, 0.5) is 0 Å². The fraction of sp³-hybridized carbons (Fsp3) is 0.222. The van der Waals surface area contributed by atoms with Gasteiger partial charge in [-0.2, -0.15) is 0 Å². The number of hydrogen-bond donors (Lipinski definition) is 1. The molecule has 0 saturated carbocycles. The van der Waals surface area contributed by atoms with Gasteiger partial charge in [-0.25, -0.2) is 4.98 Å². The quantitative estimate of drug-likeness (QED) is 0.728. The lowest BCUT2D eigenvalue weighted by Crippen LogP contribution is -1.95. The maximum Gasteiger partial charge on any atom is 0.131 e. The third kappa shape index (κ3) is 3.23. The van der Waals surface area contributed by atoms with E-state index < -0.39 is 0 Å². The number of pyridine rings is 1. The summed E-state index contributed by atoms with van der Waals surface area (Å²) in [5, 5.41) is 0.978. The molecule has 0 saturated heterocycles. The number of aromatic nitrogens is 1. The summed E-state index contributed by atoms with van der Waals surface area (Å²) in [7, 11) is 0. The second-order valence-corrected chi connectivity index (χ2v) is 3.17. The Hall–Kier alpha value is -0.750. The summed E-state index contributed by atoms with van der Waals surface area (Å²) >= 11 is 11.5. The highest BCUT2D eigenvalue weighted by Gasteiger charge is 1.98. The second kappa shape index (κ2) is 5.08. The van der Waals surface area contributed by atoms with Crippen molar-refractivity contribution in [3.8, 4) is 11.8 Å². The fourth-order valence-electron chi connectivity index (χ4n) is 0.725. The minimum atomic E-state index is 0.469. The molecule has 0 amide bonds. The molecule has 0 aromatic carbocycles. The highest BCUT2D eigenvalue weighted by Crippen LogP contribution is 2.17. The van der Waals surface area contributed by atoms with E-state index >= 15 is 0 Å². The molecule has 2 nitrogen and oxygen atoms in total. The zero-order valence-corrected chi connectivity index (χ0v) is 8.36. The van der Waals surface area contributed by atoms with Crippen LogP contribution in [0.5, 0.6) is 0 Å². The van der Waals surface area contributed by atoms with Gasteiger partial charge < -0.3 is 5.73 Å². The molecule has 4 heteroatoms. The Balaban J connectivity index is 2.85. The molecule has 0 radical (unpaired) electrons. The van der Waals surface area contributed by atoms with Crippen LogP contribution in [0, 0.1) is 11.8 Å². The van der Waals surface area contributed by atoms with Crippen molar-refractivity contribution < 1.29 is 0 Å². The van der Waals surface area contributed by atoms with Crippen LogP contribution in [0.3, 0.4) is 0 Å². The van der Waals surface area contributed by atoms with E-state index in [1.54, 1.807) is 6.07 Å². The Morgan fingerprint density at radius 1 is 1.46 bits per heavy atom. The normalized spacial score (nSPS) is 9.15. The SMILES string of the molecule is NCCC#Cc1ncc(Cl)cc1Cl. The predicted octanol–water partition coefficient (Wildman–Crippen LogP) is 2.09. The fourth-order valence-corrected chi connectivity index (χ4v) is 1.15. The molecule has 0 spiro atoms. The Morgan fingerprint density at radius 2 is 2.23 bits per heavy atom. The summed E-state index contributed by atoms with van der Waals surface area (Å²) in [5.74, 6) is 5.66. The topological polar surface area (TPSA) is 38.9 Å². The summed E-state index contributed by atoms with van der Waals surface area (Å²) in [5.41, 5.74) is 5.82. The van der Waals surface area contributed by atoms with Gasteiger partial charge in [0.1, 0.15) is 5.69 Å². The summed E-state index contributed by atoms with van der Waals surface area (Å²) in [4.78, 5) is 3.97. The summed E-state index contributed by atoms with van der Waals surface area (Å²) in [6.45, 7) is 0.540. The van der Waals surface area contributed by atoms with Crippen molar-refractivity contribution in [3.63, 3.8) is 0 Å². The average Bonchev–Trinajstić information content (AvgIpc) is 2.09. The third-order valence-corrected chi connectivity index (χ3v) is 1.78. The minimum Gasteiger partial charge on any atom is -0.330 e. The largest absolute Gasteiger partial charge is 0.330 e. The van der Waals surface area contributed by atoms with Crippen LogP contribution in [0.15, 0.2) is 12.3 Å². The van der Waals surface area contributed by atoms with Gasteiger partial charge in [0, 0.05) is 19.2 Å². The first-order valence-corrected chi connectivity index (χ1v) is 4.49.